The van der Waals surface area contributed by atoms with Crippen LogP contribution in [0.2, 0.25) is 0 Å². The molecule has 1 aromatic heterocycles. The summed E-state index contributed by atoms with van der Waals surface area (Å²) in [4.78, 5) is 0. The molecule has 0 aliphatic heterocycles. The van der Waals surface area contributed by atoms with Crippen molar-refractivity contribution in [1.82, 2.24) is 4.37 Å². The summed E-state index contributed by atoms with van der Waals surface area (Å²) in [7, 11) is 0. The van der Waals surface area contributed by atoms with E-state index >= 15 is 0 Å². The number of nitrogens with one attached hydrogen (secondary N) is 1. The third-order valence-corrected chi connectivity index (χ3v) is 3.38. The molecule has 0 saturated heterocycles. The minimum Gasteiger partial charge on any atom is -0.382 e. The standard InChI is InChI=1S/C14H19N3S/c1-14(2,3)9-16-13-11(12(15)17-18-13)10-7-5-4-6-8-10/h4-8,16H,9H2,1-3H3,(H2,15,17). The number of benzene rings is 1. The Morgan fingerprint density at radius 1 is 1.22 bits per heavy atom. The molecular formula is C14H19N3S. The molecule has 0 unspecified atom stereocenters. The Bertz CT molecular complexity index is 512. The zero-order valence-electron chi connectivity index (χ0n) is 11.0. The fraction of sp³-hybridized carbons (Fsp3) is 0.357. The Labute approximate surface area is 112 Å². The van der Waals surface area contributed by atoms with Gasteiger partial charge >= 0.3 is 0 Å². The van der Waals surface area contributed by atoms with E-state index in [9.17, 15) is 0 Å². The number of anilines is 2. The molecule has 0 radical (unpaired) electrons. The molecule has 3 nitrogen and oxygen atoms in total. The van der Waals surface area contributed by atoms with E-state index in [0.29, 0.717) is 5.82 Å². The SMILES string of the molecule is CC(C)(C)CNc1snc(N)c1-c1ccccc1. The number of hydrogen-bond acceptors (Lipinski definition) is 4. The van der Waals surface area contributed by atoms with E-state index in [4.69, 9.17) is 5.73 Å². The van der Waals surface area contributed by atoms with Crippen molar-refractivity contribution >= 4 is 22.4 Å². The number of rotatable bonds is 3. The van der Waals surface area contributed by atoms with Gasteiger partial charge in [0.15, 0.2) is 0 Å². The molecule has 1 heterocycles. The molecule has 2 aromatic rings. The molecule has 2 rings (SSSR count). The van der Waals surface area contributed by atoms with Crippen LogP contribution >= 0.6 is 11.5 Å². The van der Waals surface area contributed by atoms with E-state index in [1.54, 1.807) is 0 Å². The average Bonchev–Trinajstić information content (AvgIpc) is 2.68. The van der Waals surface area contributed by atoms with Crippen LogP contribution in [0.4, 0.5) is 10.8 Å². The highest BCUT2D eigenvalue weighted by molar-refractivity contribution is 7.11. The molecule has 96 valence electrons. The summed E-state index contributed by atoms with van der Waals surface area (Å²) in [6.45, 7) is 7.50. The lowest BCUT2D eigenvalue weighted by Crippen LogP contribution is -2.18. The summed E-state index contributed by atoms with van der Waals surface area (Å²) in [6, 6.07) is 10.1. The Kier molecular flexibility index (Phi) is 3.57. The number of hydrogen-bond donors (Lipinski definition) is 2. The third-order valence-electron chi connectivity index (χ3n) is 2.56. The Morgan fingerprint density at radius 2 is 1.89 bits per heavy atom. The highest BCUT2D eigenvalue weighted by atomic mass is 32.1. The van der Waals surface area contributed by atoms with Crippen LogP contribution in [0.3, 0.4) is 0 Å². The van der Waals surface area contributed by atoms with Gasteiger partial charge in [-0.2, -0.15) is 4.37 Å². The first-order valence-corrected chi connectivity index (χ1v) is 6.79. The summed E-state index contributed by atoms with van der Waals surface area (Å²) < 4.78 is 4.25. The van der Waals surface area contributed by atoms with Gasteiger partial charge in [-0.05, 0) is 22.5 Å². The van der Waals surface area contributed by atoms with E-state index in [2.05, 4.69) is 42.6 Å². The maximum absolute atomic E-state index is 5.97. The minimum atomic E-state index is 0.229. The summed E-state index contributed by atoms with van der Waals surface area (Å²) in [5.74, 6) is 0.600. The monoisotopic (exact) mass is 261 g/mol. The molecule has 0 saturated carbocycles. The van der Waals surface area contributed by atoms with E-state index in [1.807, 2.05) is 18.2 Å². The van der Waals surface area contributed by atoms with Crippen LogP contribution in [0.5, 0.6) is 0 Å². The van der Waals surface area contributed by atoms with Gasteiger partial charge in [-0.25, -0.2) is 0 Å². The summed E-state index contributed by atoms with van der Waals surface area (Å²) in [5.41, 5.74) is 8.33. The second kappa shape index (κ2) is 4.98. The first-order valence-electron chi connectivity index (χ1n) is 6.02. The molecule has 1 aromatic carbocycles. The quantitative estimate of drug-likeness (QED) is 0.882. The Hall–Kier alpha value is -1.55. The summed E-state index contributed by atoms with van der Waals surface area (Å²) >= 11 is 1.43. The predicted octanol–water partition coefficient (Wildman–Crippen LogP) is 3.85. The van der Waals surface area contributed by atoms with Gasteiger partial charge in [0.2, 0.25) is 0 Å². The van der Waals surface area contributed by atoms with Crippen molar-refractivity contribution in [2.24, 2.45) is 5.41 Å². The van der Waals surface area contributed by atoms with Gasteiger partial charge in [-0.3, -0.25) is 0 Å². The maximum atomic E-state index is 5.97. The van der Waals surface area contributed by atoms with Gasteiger partial charge in [0.05, 0.1) is 5.56 Å². The lowest BCUT2D eigenvalue weighted by Gasteiger charge is -2.19. The fourth-order valence-electron chi connectivity index (χ4n) is 1.65. The van der Waals surface area contributed by atoms with Crippen molar-refractivity contribution in [3.05, 3.63) is 30.3 Å². The lowest BCUT2D eigenvalue weighted by molar-refractivity contribution is 0.443. The van der Waals surface area contributed by atoms with Gasteiger partial charge in [0, 0.05) is 6.54 Å². The van der Waals surface area contributed by atoms with Crippen molar-refractivity contribution < 1.29 is 0 Å². The van der Waals surface area contributed by atoms with Crippen molar-refractivity contribution in [2.45, 2.75) is 20.8 Å². The topological polar surface area (TPSA) is 50.9 Å². The zero-order valence-corrected chi connectivity index (χ0v) is 11.8. The van der Waals surface area contributed by atoms with Gasteiger partial charge in [-0.1, -0.05) is 51.1 Å². The van der Waals surface area contributed by atoms with Crippen LogP contribution < -0.4 is 11.1 Å². The third kappa shape index (κ3) is 3.01. The van der Waals surface area contributed by atoms with Crippen LogP contribution in [-0.2, 0) is 0 Å². The highest BCUT2D eigenvalue weighted by Gasteiger charge is 2.16. The first-order chi connectivity index (χ1) is 8.47. The average molecular weight is 261 g/mol. The molecule has 0 spiro atoms. The molecule has 0 aliphatic rings. The molecule has 3 N–H and O–H groups in total. The van der Waals surface area contributed by atoms with E-state index in [-0.39, 0.29) is 5.41 Å². The van der Waals surface area contributed by atoms with E-state index in [1.165, 1.54) is 11.5 Å². The van der Waals surface area contributed by atoms with Crippen molar-refractivity contribution in [3.8, 4) is 11.1 Å². The smallest absolute Gasteiger partial charge is 0.147 e. The van der Waals surface area contributed by atoms with Crippen LogP contribution in [0.25, 0.3) is 11.1 Å². The van der Waals surface area contributed by atoms with Crippen LogP contribution in [0.1, 0.15) is 20.8 Å². The molecule has 0 amide bonds. The molecule has 4 heteroatoms. The lowest BCUT2D eigenvalue weighted by atomic mass is 9.97. The number of nitrogens with zero attached hydrogens (tertiary/aromatic N) is 1. The fourth-order valence-corrected chi connectivity index (χ4v) is 2.38. The van der Waals surface area contributed by atoms with Crippen molar-refractivity contribution in [3.63, 3.8) is 0 Å². The van der Waals surface area contributed by atoms with Crippen LogP contribution in [0, 0.1) is 5.41 Å². The predicted molar refractivity (Wildman–Crippen MR) is 79.9 cm³/mol. The van der Waals surface area contributed by atoms with Gasteiger partial charge < -0.3 is 11.1 Å². The Balaban J connectivity index is 2.28. The van der Waals surface area contributed by atoms with Crippen molar-refractivity contribution in [2.75, 3.05) is 17.6 Å². The second-order valence-electron chi connectivity index (χ2n) is 5.55. The van der Waals surface area contributed by atoms with E-state index < -0.39 is 0 Å². The summed E-state index contributed by atoms with van der Waals surface area (Å²) in [5, 5.41) is 4.50. The molecule has 0 bridgehead atoms. The van der Waals surface area contributed by atoms with Gasteiger partial charge in [0.25, 0.3) is 0 Å². The molecule has 0 atom stereocenters. The second-order valence-corrected chi connectivity index (χ2v) is 6.33. The van der Waals surface area contributed by atoms with Gasteiger partial charge in [-0.15, -0.1) is 0 Å². The van der Waals surface area contributed by atoms with Gasteiger partial charge in [0.1, 0.15) is 10.8 Å². The van der Waals surface area contributed by atoms with Crippen LogP contribution in [0.15, 0.2) is 30.3 Å². The number of nitrogen functional groups attached to an aromatic ring is 1. The molecular weight excluding hydrogens is 242 g/mol. The molecule has 0 aliphatic carbocycles. The number of aromatic nitrogens is 1. The summed E-state index contributed by atoms with van der Waals surface area (Å²) in [6.07, 6.45) is 0. The van der Waals surface area contributed by atoms with E-state index in [0.717, 1.165) is 22.7 Å². The highest BCUT2D eigenvalue weighted by Crippen LogP contribution is 2.37. The Morgan fingerprint density at radius 3 is 2.50 bits per heavy atom. The van der Waals surface area contributed by atoms with Crippen molar-refractivity contribution in [1.29, 1.82) is 0 Å². The molecule has 18 heavy (non-hydrogen) atoms. The minimum absolute atomic E-state index is 0.229. The first kappa shape index (κ1) is 12.9. The largest absolute Gasteiger partial charge is 0.382 e. The zero-order chi connectivity index (χ0) is 13.2. The maximum Gasteiger partial charge on any atom is 0.147 e. The normalized spacial score (nSPS) is 11.5. The van der Waals surface area contributed by atoms with Crippen LogP contribution in [-0.4, -0.2) is 10.9 Å². The molecule has 0 fully saturated rings. The number of nitrogens with two attached hydrogens (primary N) is 1.